The highest BCUT2D eigenvalue weighted by atomic mass is 32.2. The Labute approximate surface area is 102 Å². The van der Waals surface area contributed by atoms with Gasteiger partial charge in [0.25, 0.3) is 0 Å². The second kappa shape index (κ2) is 4.10. The van der Waals surface area contributed by atoms with E-state index in [1.807, 2.05) is 12.1 Å². The summed E-state index contributed by atoms with van der Waals surface area (Å²) >= 11 is 0. The molecule has 17 heavy (non-hydrogen) atoms. The molecular weight excluding hydrogens is 234 g/mol. The molecule has 0 aromatic heterocycles. The van der Waals surface area contributed by atoms with Gasteiger partial charge < -0.3 is 0 Å². The van der Waals surface area contributed by atoms with Gasteiger partial charge in [-0.05, 0) is 36.8 Å². The predicted octanol–water partition coefficient (Wildman–Crippen LogP) is 1.58. The van der Waals surface area contributed by atoms with Crippen molar-refractivity contribution >= 4 is 10.0 Å². The molecule has 2 aliphatic rings. The second-order valence-electron chi connectivity index (χ2n) is 4.91. The number of benzene rings is 1. The molecule has 0 N–H and O–H groups in total. The summed E-state index contributed by atoms with van der Waals surface area (Å²) in [6.07, 6.45) is 3.40. The van der Waals surface area contributed by atoms with E-state index in [-0.39, 0.29) is 5.25 Å². The van der Waals surface area contributed by atoms with E-state index in [9.17, 15) is 8.42 Å². The van der Waals surface area contributed by atoms with Crippen molar-refractivity contribution in [2.24, 2.45) is 0 Å². The third kappa shape index (κ3) is 2.11. The topological polar surface area (TPSA) is 37.4 Å². The van der Waals surface area contributed by atoms with Gasteiger partial charge in [-0.25, -0.2) is 12.7 Å². The van der Waals surface area contributed by atoms with Crippen LogP contribution in [0, 0.1) is 0 Å². The van der Waals surface area contributed by atoms with Gasteiger partial charge in [-0.2, -0.15) is 0 Å². The van der Waals surface area contributed by atoms with Crippen LogP contribution < -0.4 is 0 Å². The lowest BCUT2D eigenvalue weighted by molar-refractivity contribution is 0.425. The zero-order valence-electron chi connectivity index (χ0n) is 9.80. The minimum atomic E-state index is -3.00. The normalized spacial score (nSPS) is 21.9. The summed E-state index contributed by atoms with van der Waals surface area (Å²) in [7, 11) is -3.00. The van der Waals surface area contributed by atoms with E-state index in [0.29, 0.717) is 13.1 Å². The number of nitrogens with zero attached hydrogens (tertiary/aromatic N) is 1. The average Bonchev–Trinajstić information content (AvgIpc) is 3.15. The Morgan fingerprint density at radius 3 is 2.00 bits per heavy atom. The number of fused-ring (bicyclic) bond motifs is 1. The first-order valence-corrected chi connectivity index (χ1v) is 7.74. The largest absolute Gasteiger partial charge is 0.217 e. The van der Waals surface area contributed by atoms with Crippen LogP contribution in [0.2, 0.25) is 0 Å². The molecule has 0 radical (unpaired) electrons. The van der Waals surface area contributed by atoms with Crippen LogP contribution in [-0.4, -0.2) is 31.1 Å². The Morgan fingerprint density at radius 2 is 1.53 bits per heavy atom. The van der Waals surface area contributed by atoms with Crippen molar-refractivity contribution in [1.82, 2.24) is 4.31 Å². The second-order valence-corrected chi connectivity index (χ2v) is 7.13. The fraction of sp³-hybridized carbons (Fsp3) is 0.538. The SMILES string of the molecule is O=S(=O)(C1CC1)N1CCc2ccccc2CC1. The van der Waals surface area contributed by atoms with Gasteiger partial charge in [0.2, 0.25) is 10.0 Å². The van der Waals surface area contributed by atoms with Crippen LogP contribution in [0.25, 0.3) is 0 Å². The van der Waals surface area contributed by atoms with Crippen molar-refractivity contribution in [2.75, 3.05) is 13.1 Å². The molecule has 1 fully saturated rings. The average molecular weight is 251 g/mol. The summed E-state index contributed by atoms with van der Waals surface area (Å²) in [6.45, 7) is 1.30. The molecule has 0 spiro atoms. The number of rotatable bonds is 2. The summed E-state index contributed by atoms with van der Waals surface area (Å²) < 4.78 is 26.1. The minimum Gasteiger partial charge on any atom is -0.212 e. The molecule has 1 aliphatic carbocycles. The molecule has 92 valence electrons. The Hall–Kier alpha value is -0.870. The van der Waals surface area contributed by atoms with Crippen molar-refractivity contribution in [3.8, 4) is 0 Å². The minimum absolute atomic E-state index is 0.0799. The van der Waals surface area contributed by atoms with Gasteiger partial charge in [0.1, 0.15) is 0 Å². The first-order valence-electron chi connectivity index (χ1n) is 6.24. The Bertz CT molecular complexity index is 493. The fourth-order valence-electron chi connectivity index (χ4n) is 2.48. The first kappa shape index (κ1) is 11.2. The van der Waals surface area contributed by atoms with Crippen LogP contribution in [0.5, 0.6) is 0 Å². The van der Waals surface area contributed by atoms with Gasteiger partial charge in [-0.3, -0.25) is 0 Å². The van der Waals surface area contributed by atoms with Crippen LogP contribution in [0.15, 0.2) is 24.3 Å². The van der Waals surface area contributed by atoms with E-state index in [1.54, 1.807) is 4.31 Å². The van der Waals surface area contributed by atoms with E-state index < -0.39 is 10.0 Å². The highest BCUT2D eigenvalue weighted by Crippen LogP contribution is 2.32. The van der Waals surface area contributed by atoms with Crippen molar-refractivity contribution in [2.45, 2.75) is 30.9 Å². The van der Waals surface area contributed by atoms with E-state index in [4.69, 9.17) is 0 Å². The standard InChI is InChI=1S/C13H17NO2S/c15-17(16,13-5-6-13)14-9-7-11-3-1-2-4-12(11)8-10-14/h1-4,13H,5-10H2. The van der Waals surface area contributed by atoms with Crippen LogP contribution in [0.3, 0.4) is 0 Å². The molecule has 0 amide bonds. The van der Waals surface area contributed by atoms with Gasteiger partial charge in [0.15, 0.2) is 0 Å². The number of hydrogen-bond donors (Lipinski definition) is 0. The van der Waals surface area contributed by atoms with Crippen LogP contribution in [-0.2, 0) is 22.9 Å². The van der Waals surface area contributed by atoms with Gasteiger partial charge in [0.05, 0.1) is 5.25 Å². The molecule has 1 heterocycles. The zero-order valence-corrected chi connectivity index (χ0v) is 10.6. The first-order chi connectivity index (χ1) is 8.18. The van der Waals surface area contributed by atoms with E-state index in [2.05, 4.69) is 12.1 Å². The van der Waals surface area contributed by atoms with Gasteiger partial charge in [-0.15, -0.1) is 0 Å². The van der Waals surface area contributed by atoms with Gasteiger partial charge >= 0.3 is 0 Å². The quantitative estimate of drug-likeness (QED) is 0.800. The van der Waals surface area contributed by atoms with Crippen molar-refractivity contribution in [3.05, 3.63) is 35.4 Å². The van der Waals surface area contributed by atoms with Crippen LogP contribution in [0.4, 0.5) is 0 Å². The summed E-state index contributed by atoms with van der Waals surface area (Å²) in [6, 6.07) is 8.29. The van der Waals surface area contributed by atoms with E-state index >= 15 is 0 Å². The van der Waals surface area contributed by atoms with Gasteiger partial charge in [-0.1, -0.05) is 24.3 Å². The Morgan fingerprint density at radius 1 is 1.00 bits per heavy atom. The summed E-state index contributed by atoms with van der Waals surface area (Å²) in [5.41, 5.74) is 2.61. The summed E-state index contributed by atoms with van der Waals surface area (Å²) in [4.78, 5) is 0. The number of hydrogen-bond acceptors (Lipinski definition) is 2. The van der Waals surface area contributed by atoms with Crippen molar-refractivity contribution < 1.29 is 8.42 Å². The molecular formula is C13H17NO2S. The molecule has 1 aromatic carbocycles. The molecule has 0 atom stereocenters. The summed E-state index contributed by atoms with van der Waals surface area (Å²) in [5.74, 6) is 0. The monoisotopic (exact) mass is 251 g/mol. The molecule has 1 saturated carbocycles. The van der Waals surface area contributed by atoms with E-state index in [1.165, 1.54) is 11.1 Å². The maximum Gasteiger partial charge on any atom is 0.217 e. The van der Waals surface area contributed by atoms with Crippen LogP contribution >= 0.6 is 0 Å². The van der Waals surface area contributed by atoms with E-state index in [0.717, 1.165) is 25.7 Å². The third-order valence-electron chi connectivity index (χ3n) is 3.68. The molecule has 4 heteroatoms. The number of sulfonamides is 1. The lowest BCUT2D eigenvalue weighted by Gasteiger charge is -2.19. The smallest absolute Gasteiger partial charge is 0.212 e. The molecule has 1 aliphatic heterocycles. The maximum atomic E-state index is 12.2. The highest BCUT2D eigenvalue weighted by Gasteiger charge is 2.40. The molecule has 1 aromatic rings. The summed E-state index contributed by atoms with van der Waals surface area (Å²) in [5, 5.41) is -0.0799. The van der Waals surface area contributed by atoms with Gasteiger partial charge in [0, 0.05) is 13.1 Å². The lowest BCUT2D eigenvalue weighted by Crippen LogP contribution is -2.35. The molecule has 3 rings (SSSR count). The molecule has 3 nitrogen and oxygen atoms in total. The lowest BCUT2D eigenvalue weighted by atomic mass is 10.0. The predicted molar refractivity (Wildman–Crippen MR) is 67.4 cm³/mol. The fourth-order valence-corrected chi connectivity index (χ4v) is 4.32. The molecule has 0 unspecified atom stereocenters. The molecule has 0 bridgehead atoms. The maximum absolute atomic E-state index is 12.2. The molecule has 0 saturated heterocycles. The van der Waals surface area contributed by atoms with Crippen molar-refractivity contribution in [3.63, 3.8) is 0 Å². The Balaban J connectivity index is 1.81. The zero-order chi connectivity index (χ0) is 11.9. The Kier molecular flexibility index (Phi) is 2.71. The highest BCUT2D eigenvalue weighted by molar-refractivity contribution is 7.90. The van der Waals surface area contributed by atoms with Crippen molar-refractivity contribution in [1.29, 1.82) is 0 Å². The third-order valence-corrected chi connectivity index (χ3v) is 6.08. The van der Waals surface area contributed by atoms with Crippen LogP contribution in [0.1, 0.15) is 24.0 Å².